The third-order valence-corrected chi connectivity index (χ3v) is 8.00. The van der Waals surface area contributed by atoms with Crippen LogP contribution in [0.25, 0.3) is 11.3 Å². The summed E-state index contributed by atoms with van der Waals surface area (Å²) in [4.78, 5) is 31.4. The quantitative estimate of drug-likeness (QED) is 0.363. The van der Waals surface area contributed by atoms with E-state index in [0.29, 0.717) is 59.1 Å². The molecule has 1 aromatic carbocycles. The molecule has 2 atom stereocenters. The van der Waals surface area contributed by atoms with Gasteiger partial charge in [-0.1, -0.05) is 0 Å². The molecule has 2 aliphatic heterocycles. The fourth-order valence-corrected chi connectivity index (χ4v) is 5.61. The Morgan fingerprint density at radius 2 is 1.91 bits per heavy atom. The molecule has 45 heavy (non-hydrogen) atoms. The van der Waals surface area contributed by atoms with Crippen molar-refractivity contribution in [2.45, 2.75) is 44.4 Å². The van der Waals surface area contributed by atoms with Crippen LogP contribution >= 0.6 is 0 Å². The number of ether oxygens (including phenoxy) is 2. The van der Waals surface area contributed by atoms with Crippen LogP contribution in [0.1, 0.15) is 25.3 Å². The number of aromatic nitrogens is 3. The van der Waals surface area contributed by atoms with Crippen LogP contribution in [0, 0.1) is 11.3 Å². The molecule has 14 heteroatoms. The van der Waals surface area contributed by atoms with Crippen molar-refractivity contribution in [2.24, 2.45) is 0 Å². The summed E-state index contributed by atoms with van der Waals surface area (Å²) in [6.45, 7) is 5.29. The van der Waals surface area contributed by atoms with Gasteiger partial charge in [-0.2, -0.15) is 10.2 Å². The molecule has 2 aromatic heterocycles. The van der Waals surface area contributed by atoms with Gasteiger partial charge in [0, 0.05) is 63.4 Å². The number of likely N-dealkylation sites (N-methyl/N-ethyl adjacent to an activating group) is 1. The van der Waals surface area contributed by atoms with Gasteiger partial charge in [-0.25, -0.2) is 18.7 Å². The minimum atomic E-state index is -3.13. The van der Waals surface area contributed by atoms with Crippen molar-refractivity contribution < 1.29 is 28.2 Å². The van der Waals surface area contributed by atoms with E-state index in [1.165, 1.54) is 4.90 Å². The summed E-state index contributed by atoms with van der Waals surface area (Å²) < 4.78 is 37.1. The summed E-state index contributed by atoms with van der Waals surface area (Å²) in [6, 6.07) is 13.2. The van der Waals surface area contributed by atoms with Crippen molar-refractivity contribution in [3.05, 3.63) is 48.2 Å². The second-order valence-electron chi connectivity index (χ2n) is 11.2. The predicted octanol–water partition coefficient (Wildman–Crippen LogP) is 3.30. The number of hydrogen-bond donors (Lipinski definition) is 2. The van der Waals surface area contributed by atoms with E-state index in [9.17, 15) is 23.9 Å². The lowest BCUT2D eigenvalue weighted by molar-refractivity contribution is -0.150. The summed E-state index contributed by atoms with van der Waals surface area (Å²) in [5.41, 5.74) is 2.48. The number of likely N-dealkylation sites (tertiary alicyclic amines) is 1. The highest BCUT2D eigenvalue weighted by Crippen LogP contribution is 2.32. The average Bonchev–Trinajstić information content (AvgIpc) is 3.05. The molecule has 2 aliphatic rings. The topological polar surface area (TPSA) is 140 Å². The minimum absolute atomic E-state index is 0.169. The summed E-state index contributed by atoms with van der Waals surface area (Å²) in [7, 11) is 3.71. The summed E-state index contributed by atoms with van der Waals surface area (Å²) in [5.74, 6) is 0.728. The van der Waals surface area contributed by atoms with Crippen LogP contribution in [-0.2, 0) is 4.79 Å². The number of nitrogens with zero attached hydrogens (tertiary/aromatic N) is 7. The third kappa shape index (κ3) is 7.38. The zero-order valence-corrected chi connectivity index (χ0v) is 25.4. The van der Waals surface area contributed by atoms with Crippen molar-refractivity contribution in [3.63, 3.8) is 0 Å². The Balaban J connectivity index is 1.25. The molecule has 3 aromatic rings. The number of anilines is 3. The van der Waals surface area contributed by atoms with Crippen LogP contribution in [-0.4, -0.2) is 107 Å². The number of aliphatic hydroxyl groups is 1. The molecule has 2 N–H and O–H groups in total. The SMILES string of the molecule is COc1nc(Nc2nccc(-c3ccc(OC4CCN(C(=O)[C@H](O)C(F)F)CC4)c(C#N)c3)n2)ccc1N1CCN(C)C[C@@H]1C. The number of nitrogens with one attached hydrogen (secondary N) is 1. The first kappa shape index (κ1) is 31.8. The summed E-state index contributed by atoms with van der Waals surface area (Å²) in [5, 5.41) is 22.4. The highest BCUT2D eigenvalue weighted by molar-refractivity contribution is 5.81. The van der Waals surface area contributed by atoms with E-state index in [-0.39, 0.29) is 19.2 Å². The first-order chi connectivity index (χ1) is 21.7. The molecule has 0 unspecified atom stereocenters. The lowest BCUT2D eigenvalue weighted by atomic mass is 10.1. The first-order valence-corrected chi connectivity index (χ1v) is 14.7. The second kappa shape index (κ2) is 14.0. The maximum absolute atomic E-state index is 12.7. The number of aliphatic hydroxyl groups excluding tert-OH is 1. The molecule has 2 saturated heterocycles. The molecule has 5 rings (SSSR count). The van der Waals surface area contributed by atoms with Crippen molar-refractivity contribution in [2.75, 3.05) is 57.1 Å². The zero-order valence-electron chi connectivity index (χ0n) is 25.4. The smallest absolute Gasteiger partial charge is 0.273 e. The largest absolute Gasteiger partial charge is 0.489 e. The molecule has 0 bridgehead atoms. The number of piperidine rings is 1. The Kier molecular flexibility index (Phi) is 9.90. The van der Waals surface area contributed by atoms with E-state index in [2.05, 4.69) is 50.1 Å². The monoisotopic (exact) mass is 622 g/mol. The zero-order chi connectivity index (χ0) is 32.1. The van der Waals surface area contributed by atoms with Gasteiger partial charge in [-0.05, 0) is 50.4 Å². The normalized spacial score (nSPS) is 18.4. The van der Waals surface area contributed by atoms with Crippen LogP contribution in [0.4, 0.5) is 26.2 Å². The van der Waals surface area contributed by atoms with Gasteiger partial charge >= 0.3 is 0 Å². The first-order valence-electron chi connectivity index (χ1n) is 14.7. The number of hydrogen-bond acceptors (Lipinski definition) is 11. The molecule has 4 heterocycles. The van der Waals surface area contributed by atoms with Crippen LogP contribution in [0.15, 0.2) is 42.6 Å². The standard InChI is InChI=1S/C31H36F2N8O4/c1-19-18-39(2)14-15-41(19)24-5-7-26(37-29(24)44-3)38-31-35-11-8-23(36-31)20-4-6-25(21(16-20)17-34)45-22-9-12-40(13-10-22)30(43)27(42)28(32)33/h4-8,11,16,19,22,27-28,42H,9-10,12-15,18H2,1-3H3,(H,35,36,37,38)/t19-,27+/m0/s1. The highest BCUT2D eigenvalue weighted by atomic mass is 19.3. The molecule has 0 saturated carbocycles. The van der Waals surface area contributed by atoms with E-state index in [1.807, 2.05) is 12.1 Å². The number of rotatable bonds is 9. The number of carbonyl (C=O) groups is 1. The fourth-order valence-electron chi connectivity index (χ4n) is 5.61. The Labute approximate surface area is 260 Å². The number of alkyl halides is 2. The van der Waals surface area contributed by atoms with Crippen molar-refractivity contribution in [1.82, 2.24) is 24.8 Å². The fraction of sp³-hybridized carbons (Fsp3) is 0.452. The number of methoxy groups -OCH3 is 1. The van der Waals surface area contributed by atoms with Gasteiger partial charge in [-0.15, -0.1) is 0 Å². The van der Waals surface area contributed by atoms with E-state index >= 15 is 0 Å². The van der Waals surface area contributed by atoms with Gasteiger partial charge in [0.25, 0.3) is 12.3 Å². The molecule has 12 nitrogen and oxygen atoms in total. The Hall–Kier alpha value is -4.61. The molecule has 1 amide bonds. The number of amides is 1. The van der Waals surface area contributed by atoms with Crippen LogP contribution in [0.2, 0.25) is 0 Å². The molecular formula is C31H36F2N8O4. The molecule has 238 valence electrons. The molecular weight excluding hydrogens is 586 g/mol. The molecule has 0 aliphatic carbocycles. The lowest BCUT2D eigenvalue weighted by Gasteiger charge is -2.40. The van der Waals surface area contributed by atoms with Crippen LogP contribution in [0.5, 0.6) is 11.6 Å². The minimum Gasteiger partial charge on any atom is -0.489 e. The maximum Gasteiger partial charge on any atom is 0.273 e. The van der Waals surface area contributed by atoms with E-state index in [1.54, 1.807) is 37.6 Å². The molecule has 0 spiro atoms. The van der Waals surface area contributed by atoms with Gasteiger partial charge in [0.15, 0.2) is 6.10 Å². The Bertz CT molecular complexity index is 1550. The Morgan fingerprint density at radius 1 is 1.13 bits per heavy atom. The van der Waals surface area contributed by atoms with Gasteiger partial charge in [-0.3, -0.25) is 4.79 Å². The highest BCUT2D eigenvalue weighted by Gasteiger charge is 2.33. The second-order valence-corrected chi connectivity index (χ2v) is 11.2. The number of pyridine rings is 1. The van der Waals surface area contributed by atoms with E-state index in [0.717, 1.165) is 25.3 Å². The lowest BCUT2D eigenvalue weighted by Crippen LogP contribution is -2.50. The number of benzene rings is 1. The van der Waals surface area contributed by atoms with Crippen LogP contribution < -0.4 is 19.7 Å². The Morgan fingerprint density at radius 3 is 2.60 bits per heavy atom. The third-order valence-electron chi connectivity index (χ3n) is 8.00. The predicted molar refractivity (Wildman–Crippen MR) is 163 cm³/mol. The van der Waals surface area contributed by atoms with Crippen molar-refractivity contribution in [1.29, 1.82) is 5.26 Å². The summed E-state index contributed by atoms with van der Waals surface area (Å²) >= 11 is 0. The van der Waals surface area contributed by atoms with Gasteiger partial charge in [0.05, 0.1) is 18.4 Å². The van der Waals surface area contributed by atoms with Crippen molar-refractivity contribution in [3.8, 4) is 29.0 Å². The average molecular weight is 623 g/mol. The number of piperazine rings is 1. The van der Waals surface area contributed by atoms with E-state index in [4.69, 9.17) is 9.47 Å². The number of halogens is 2. The number of nitriles is 1. The van der Waals surface area contributed by atoms with Crippen LogP contribution in [0.3, 0.4) is 0 Å². The maximum atomic E-state index is 12.7. The van der Waals surface area contributed by atoms with Gasteiger partial charge in [0.2, 0.25) is 11.8 Å². The van der Waals surface area contributed by atoms with Crippen molar-refractivity contribution >= 4 is 23.4 Å². The number of carbonyl (C=O) groups excluding carboxylic acids is 1. The molecule has 2 fully saturated rings. The van der Waals surface area contributed by atoms with Gasteiger partial charge in [0.1, 0.15) is 29.4 Å². The van der Waals surface area contributed by atoms with E-state index < -0.39 is 18.4 Å². The molecule has 0 radical (unpaired) electrons. The van der Waals surface area contributed by atoms with Gasteiger partial charge < -0.3 is 34.6 Å². The summed E-state index contributed by atoms with van der Waals surface area (Å²) in [6.07, 6.45) is -3.41.